The van der Waals surface area contributed by atoms with Gasteiger partial charge in [0.05, 0.1) is 6.61 Å². The van der Waals surface area contributed by atoms with Crippen molar-refractivity contribution in [1.29, 1.82) is 0 Å². The molecule has 2 aromatic heterocycles. The molecule has 18 heavy (non-hydrogen) atoms. The predicted octanol–water partition coefficient (Wildman–Crippen LogP) is 2.19. The summed E-state index contributed by atoms with van der Waals surface area (Å²) in [5.74, 6) is 1.43. The average molecular weight is 263 g/mol. The van der Waals surface area contributed by atoms with E-state index in [1.165, 1.54) is 4.88 Å². The maximum atomic E-state index is 5.76. The minimum atomic E-state index is 0.647. The zero-order valence-corrected chi connectivity index (χ0v) is 11.5. The van der Waals surface area contributed by atoms with Crippen LogP contribution >= 0.6 is 11.3 Å². The molecule has 0 atom stereocenters. The van der Waals surface area contributed by atoms with Crippen molar-refractivity contribution in [3.05, 3.63) is 40.0 Å². The summed E-state index contributed by atoms with van der Waals surface area (Å²) in [5.41, 5.74) is 0.995. The summed E-state index contributed by atoms with van der Waals surface area (Å²) < 4.78 is 5.76. The van der Waals surface area contributed by atoms with Crippen molar-refractivity contribution >= 4 is 11.3 Å². The molecule has 0 aliphatic rings. The number of aryl methyl sites for hydroxylation is 1. The van der Waals surface area contributed by atoms with Gasteiger partial charge in [0, 0.05) is 29.6 Å². The average Bonchev–Trinajstić information content (AvgIpc) is 2.86. The monoisotopic (exact) mass is 263 g/mol. The zero-order chi connectivity index (χ0) is 12.8. The van der Waals surface area contributed by atoms with Gasteiger partial charge in [-0.1, -0.05) is 6.07 Å². The first-order valence-corrected chi connectivity index (χ1v) is 6.80. The Morgan fingerprint density at radius 1 is 1.44 bits per heavy atom. The van der Waals surface area contributed by atoms with Crippen molar-refractivity contribution in [2.75, 3.05) is 13.7 Å². The molecule has 0 unspecified atom stereocenters. The molecular formula is C13H17N3OS. The van der Waals surface area contributed by atoms with Crippen LogP contribution in [-0.2, 0) is 13.0 Å². The molecule has 0 radical (unpaired) electrons. The maximum Gasteiger partial charge on any atom is 0.221 e. The Labute approximate surface area is 111 Å². The number of hydrogen-bond donors (Lipinski definition) is 1. The quantitative estimate of drug-likeness (QED) is 0.868. The summed E-state index contributed by atoms with van der Waals surface area (Å²) in [4.78, 5) is 9.86. The summed E-state index contributed by atoms with van der Waals surface area (Å²) in [5, 5.41) is 5.17. The molecule has 0 aromatic carbocycles. The number of ether oxygens (including phenoxy) is 1. The summed E-state index contributed by atoms with van der Waals surface area (Å²) >= 11 is 1.75. The van der Waals surface area contributed by atoms with Crippen LogP contribution in [0.1, 0.15) is 16.3 Å². The highest BCUT2D eigenvalue weighted by Gasteiger charge is 2.06. The molecule has 0 saturated heterocycles. The molecule has 2 rings (SSSR count). The highest BCUT2D eigenvalue weighted by molar-refractivity contribution is 7.09. The molecule has 0 fully saturated rings. The summed E-state index contributed by atoms with van der Waals surface area (Å²) in [6.45, 7) is 3.23. The molecule has 5 heteroatoms. The molecular weight excluding hydrogens is 246 g/mol. The molecule has 0 saturated carbocycles. The minimum Gasteiger partial charge on any atom is -0.477 e. The lowest BCUT2D eigenvalue weighted by atomic mass is 10.3. The molecule has 96 valence electrons. The first-order chi connectivity index (χ1) is 8.79. The smallest absolute Gasteiger partial charge is 0.221 e. The van der Waals surface area contributed by atoms with Gasteiger partial charge in [0.1, 0.15) is 5.82 Å². The second-order valence-electron chi connectivity index (χ2n) is 3.96. The van der Waals surface area contributed by atoms with E-state index in [0.29, 0.717) is 19.0 Å². The Kier molecular flexibility index (Phi) is 4.66. The lowest BCUT2D eigenvalue weighted by Crippen LogP contribution is -2.11. The highest BCUT2D eigenvalue weighted by Crippen LogP contribution is 2.15. The van der Waals surface area contributed by atoms with Gasteiger partial charge in [-0.25, -0.2) is 4.98 Å². The van der Waals surface area contributed by atoms with E-state index in [1.54, 1.807) is 11.3 Å². The Balaban J connectivity index is 1.96. The molecule has 2 heterocycles. The van der Waals surface area contributed by atoms with Crippen LogP contribution in [0.4, 0.5) is 0 Å². The Bertz CT molecular complexity index is 485. The first-order valence-electron chi connectivity index (χ1n) is 5.92. The van der Waals surface area contributed by atoms with Crippen LogP contribution in [-0.4, -0.2) is 23.6 Å². The maximum absolute atomic E-state index is 5.76. The number of hydrogen-bond acceptors (Lipinski definition) is 5. The third-order valence-electron chi connectivity index (χ3n) is 2.48. The van der Waals surface area contributed by atoms with E-state index >= 15 is 0 Å². The second-order valence-corrected chi connectivity index (χ2v) is 4.99. The van der Waals surface area contributed by atoms with Crippen molar-refractivity contribution < 1.29 is 4.74 Å². The standard InChI is InChI=1S/C13H17N3OS/c1-10-15-9-11(8-14-2)13(16-10)17-6-5-12-4-3-7-18-12/h3-4,7,9,14H,5-6,8H2,1-2H3. The lowest BCUT2D eigenvalue weighted by Gasteiger charge is -2.10. The van der Waals surface area contributed by atoms with Gasteiger partial charge >= 0.3 is 0 Å². The normalized spacial score (nSPS) is 10.6. The SMILES string of the molecule is CNCc1cnc(C)nc1OCCc1cccs1. The molecule has 4 nitrogen and oxygen atoms in total. The second kappa shape index (κ2) is 6.47. The number of thiophene rings is 1. The third kappa shape index (κ3) is 3.51. The van der Waals surface area contributed by atoms with Crippen LogP contribution < -0.4 is 10.1 Å². The minimum absolute atomic E-state index is 0.647. The van der Waals surface area contributed by atoms with Gasteiger partial charge in [-0.3, -0.25) is 0 Å². The molecule has 0 spiro atoms. The molecule has 0 amide bonds. The van der Waals surface area contributed by atoms with Gasteiger partial charge in [-0.15, -0.1) is 11.3 Å². The predicted molar refractivity (Wildman–Crippen MR) is 73.1 cm³/mol. The van der Waals surface area contributed by atoms with Crippen LogP contribution in [0.5, 0.6) is 5.88 Å². The lowest BCUT2D eigenvalue weighted by molar-refractivity contribution is 0.304. The molecule has 1 N–H and O–H groups in total. The Hall–Kier alpha value is -1.46. The van der Waals surface area contributed by atoms with Gasteiger partial charge < -0.3 is 10.1 Å². The van der Waals surface area contributed by atoms with Gasteiger partial charge in [-0.05, 0) is 25.4 Å². The van der Waals surface area contributed by atoms with E-state index in [9.17, 15) is 0 Å². The van der Waals surface area contributed by atoms with Gasteiger partial charge in [0.25, 0.3) is 0 Å². The van der Waals surface area contributed by atoms with Gasteiger partial charge in [0.2, 0.25) is 5.88 Å². The molecule has 0 bridgehead atoms. The molecule has 2 aromatic rings. The Morgan fingerprint density at radius 2 is 2.33 bits per heavy atom. The molecule has 0 aliphatic heterocycles. The van der Waals surface area contributed by atoms with Crippen LogP contribution in [0, 0.1) is 6.92 Å². The largest absolute Gasteiger partial charge is 0.477 e. The van der Waals surface area contributed by atoms with Crippen LogP contribution in [0.2, 0.25) is 0 Å². The summed E-state index contributed by atoms with van der Waals surface area (Å²) in [6, 6.07) is 4.18. The number of nitrogens with zero attached hydrogens (tertiary/aromatic N) is 2. The zero-order valence-electron chi connectivity index (χ0n) is 10.6. The summed E-state index contributed by atoms with van der Waals surface area (Å²) in [6.07, 6.45) is 2.74. The first kappa shape index (κ1) is 13.0. The fraction of sp³-hybridized carbons (Fsp3) is 0.385. The van der Waals surface area contributed by atoms with E-state index in [0.717, 1.165) is 17.8 Å². The summed E-state index contributed by atoms with van der Waals surface area (Å²) in [7, 11) is 1.90. The third-order valence-corrected chi connectivity index (χ3v) is 3.42. The number of nitrogens with one attached hydrogen (secondary N) is 1. The van der Waals surface area contributed by atoms with E-state index in [1.807, 2.05) is 20.2 Å². The van der Waals surface area contributed by atoms with Crippen LogP contribution in [0.25, 0.3) is 0 Å². The Morgan fingerprint density at radius 3 is 3.06 bits per heavy atom. The highest BCUT2D eigenvalue weighted by atomic mass is 32.1. The van der Waals surface area contributed by atoms with Crippen LogP contribution in [0.15, 0.2) is 23.7 Å². The van der Waals surface area contributed by atoms with E-state index in [-0.39, 0.29) is 0 Å². The van der Waals surface area contributed by atoms with E-state index < -0.39 is 0 Å². The fourth-order valence-electron chi connectivity index (χ4n) is 1.61. The van der Waals surface area contributed by atoms with Crippen molar-refractivity contribution in [2.45, 2.75) is 19.9 Å². The van der Waals surface area contributed by atoms with Crippen LogP contribution in [0.3, 0.4) is 0 Å². The number of rotatable bonds is 6. The van der Waals surface area contributed by atoms with Gasteiger partial charge in [-0.2, -0.15) is 4.98 Å². The van der Waals surface area contributed by atoms with Crippen molar-refractivity contribution in [1.82, 2.24) is 15.3 Å². The van der Waals surface area contributed by atoms with Crippen molar-refractivity contribution in [3.8, 4) is 5.88 Å². The molecule has 0 aliphatic carbocycles. The topological polar surface area (TPSA) is 47.0 Å². The van der Waals surface area contributed by atoms with Crippen molar-refractivity contribution in [3.63, 3.8) is 0 Å². The fourth-order valence-corrected chi connectivity index (χ4v) is 2.30. The van der Waals surface area contributed by atoms with Gasteiger partial charge in [0.15, 0.2) is 0 Å². The van der Waals surface area contributed by atoms with E-state index in [2.05, 4.69) is 32.8 Å². The number of aromatic nitrogens is 2. The van der Waals surface area contributed by atoms with E-state index in [4.69, 9.17) is 4.74 Å². The van der Waals surface area contributed by atoms with Crippen molar-refractivity contribution in [2.24, 2.45) is 0 Å².